The fourth-order valence-electron chi connectivity index (χ4n) is 3.74. The third kappa shape index (κ3) is 3.23. The number of aliphatic carboxylic acids is 1. The highest BCUT2D eigenvalue weighted by Crippen LogP contribution is 2.36. The lowest BCUT2D eigenvalue weighted by Gasteiger charge is -2.39. The average molecular weight is 296 g/mol. The number of amides is 1. The highest BCUT2D eigenvalue weighted by molar-refractivity contribution is 5.90. The van der Waals surface area contributed by atoms with Gasteiger partial charge in [0.25, 0.3) is 0 Å². The Bertz CT molecular complexity index is 394. The molecule has 1 saturated heterocycles. The van der Waals surface area contributed by atoms with E-state index in [0.29, 0.717) is 25.3 Å². The molecule has 0 aromatic rings. The molecule has 120 valence electrons. The van der Waals surface area contributed by atoms with Gasteiger partial charge in [-0.15, -0.1) is 0 Å². The minimum Gasteiger partial charge on any atom is -0.480 e. The molecule has 2 rings (SSSR count). The van der Waals surface area contributed by atoms with Crippen molar-refractivity contribution in [2.24, 2.45) is 11.3 Å². The molecule has 0 spiro atoms. The van der Waals surface area contributed by atoms with Gasteiger partial charge in [0.15, 0.2) is 0 Å². The van der Waals surface area contributed by atoms with Gasteiger partial charge in [-0.3, -0.25) is 4.79 Å². The number of rotatable bonds is 5. The smallest absolute Gasteiger partial charge is 0.329 e. The summed E-state index contributed by atoms with van der Waals surface area (Å²) in [7, 11) is 0. The average Bonchev–Trinajstić information content (AvgIpc) is 2.91. The van der Waals surface area contributed by atoms with Crippen molar-refractivity contribution in [1.29, 1.82) is 0 Å². The Morgan fingerprint density at radius 3 is 2.43 bits per heavy atom. The third-order valence-corrected chi connectivity index (χ3v) is 5.34. The van der Waals surface area contributed by atoms with Gasteiger partial charge in [0.1, 0.15) is 5.54 Å². The highest BCUT2D eigenvalue weighted by Gasteiger charge is 2.48. The Labute approximate surface area is 126 Å². The highest BCUT2D eigenvalue weighted by atomic mass is 16.4. The topological polar surface area (TPSA) is 78.4 Å². The van der Waals surface area contributed by atoms with Crippen LogP contribution in [0.1, 0.15) is 58.8 Å². The number of nitrogens with one attached hydrogen (secondary N) is 2. The molecule has 3 N–H and O–H groups in total. The van der Waals surface area contributed by atoms with Crippen molar-refractivity contribution in [1.82, 2.24) is 10.6 Å². The van der Waals surface area contributed by atoms with E-state index in [-0.39, 0.29) is 5.91 Å². The zero-order valence-corrected chi connectivity index (χ0v) is 13.2. The molecular weight excluding hydrogens is 268 g/mol. The maximum absolute atomic E-state index is 12.8. The molecule has 1 aliphatic heterocycles. The van der Waals surface area contributed by atoms with Gasteiger partial charge >= 0.3 is 5.97 Å². The first-order chi connectivity index (χ1) is 9.94. The molecule has 0 aromatic heterocycles. The van der Waals surface area contributed by atoms with Gasteiger partial charge in [0.2, 0.25) is 5.91 Å². The zero-order valence-electron chi connectivity index (χ0n) is 13.2. The Morgan fingerprint density at radius 1 is 1.29 bits per heavy atom. The van der Waals surface area contributed by atoms with Gasteiger partial charge in [-0.2, -0.15) is 0 Å². The van der Waals surface area contributed by atoms with Crippen LogP contribution in [0.5, 0.6) is 0 Å². The Balaban J connectivity index is 2.13. The van der Waals surface area contributed by atoms with E-state index in [1.54, 1.807) is 0 Å². The minimum absolute atomic E-state index is 0.0636. The van der Waals surface area contributed by atoms with Crippen molar-refractivity contribution in [2.75, 3.05) is 13.1 Å². The van der Waals surface area contributed by atoms with Crippen LogP contribution in [0.25, 0.3) is 0 Å². The van der Waals surface area contributed by atoms with Crippen molar-refractivity contribution >= 4 is 11.9 Å². The van der Waals surface area contributed by atoms with Gasteiger partial charge < -0.3 is 15.7 Å². The second-order valence-corrected chi connectivity index (χ2v) is 6.98. The van der Waals surface area contributed by atoms with Crippen LogP contribution in [0.2, 0.25) is 0 Å². The lowest BCUT2D eigenvalue weighted by molar-refractivity contribution is -0.151. The first-order valence-electron chi connectivity index (χ1n) is 8.21. The SMILES string of the molecule is CCCC1(C(=O)NC2(C(=O)O)CCC(C)CC2)CCNC1. The summed E-state index contributed by atoms with van der Waals surface area (Å²) in [4.78, 5) is 24.6. The molecule has 5 heteroatoms. The fourth-order valence-corrected chi connectivity index (χ4v) is 3.74. The van der Waals surface area contributed by atoms with Gasteiger partial charge in [-0.05, 0) is 51.0 Å². The lowest BCUT2D eigenvalue weighted by atomic mass is 9.75. The van der Waals surface area contributed by atoms with E-state index in [2.05, 4.69) is 24.5 Å². The predicted molar refractivity (Wildman–Crippen MR) is 81.0 cm³/mol. The number of carbonyl (C=O) groups excluding carboxylic acids is 1. The second kappa shape index (κ2) is 6.34. The van der Waals surface area contributed by atoms with Crippen LogP contribution in [0, 0.1) is 11.3 Å². The van der Waals surface area contributed by atoms with Crippen LogP contribution in [-0.2, 0) is 9.59 Å². The van der Waals surface area contributed by atoms with Crippen molar-refractivity contribution in [3.05, 3.63) is 0 Å². The van der Waals surface area contributed by atoms with Crippen LogP contribution >= 0.6 is 0 Å². The van der Waals surface area contributed by atoms with Gasteiger partial charge in [-0.1, -0.05) is 20.3 Å². The van der Waals surface area contributed by atoms with Crippen LogP contribution in [0.15, 0.2) is 0 Å². The molecule has 5 nitrogen and oxygen atoms in total. The number of carbonyl (C=O) groups is 2. The van der Waals surface area contributed by atoms with Crippen LogP contribution < -0.4 is 10.6 Å². The lowest BCUT2D eigenvalue weighted by Crippen LogP contribution is -2.59. The molecule has 21 heavy (non-hydrogen) atoms. The molecule has 1 saturated carbocycles. The molecule has 0 aromatic carbocycles. The quantitative estimate of drug-likeness (QED) is 0.724. The second-order valence-electron chi connectivity index (χ2n) is 6.98. The van der Waals surface area contributed by atoms with E-state index in [0.717, 1.165) is 38.6 Å². The fraction of sp³-hybridized carbons (Fsp3) is 0.875. The van der Waals surface area contributed by atoms with E-state index >= 15 is 0 Å². The molecule has 0 radical (unpaired) electrons. The van der Waals surface area contributed by atoms with E-state index in [4.69, 9.17) is 0 Å². The summed E-state index contributed by atoms with van der Waals surface area (Å²) in [5.41, 5.74) is -1.47. The Kier molecular flexibility index (Phi) is 4.91. The minimum atomic E-state index is -1.05. The molecular formula is C16H28N2O3. The number of hydrogen-bond donors (Lipinski definition) is 3. The van der Waals surface area contributed by atoms with Crippen molar-refractivity contribution in [2.45, 2.75) is 64.3 Å². The summed E-state index contributed by atoms with van der Waals surface area (Å²) in [6.07, 6.45) is 5.38. The van der Waals surface area contributed by atoms with E-state index in [1.165, 1.54) is 0 Å². The largest absolute Gasteiger partial charge is 0.480 e. The molecule has 1 heterocycles. The van der Waals surface area contributed by atoms with Gasteiger partial charge in [0.05, 0.1) is 5.41 Å². The van der Waals surface area contributed by atoms with Crippen molar-refractivity contribution in [3.8, 4) is 0 Å². The number of hydrogen-bond acceptors (Lipinski definition) is 3. The van der Waals surface area contributed by atoms with E-state index < -0.39 is 16.9 Å². The van der Waals surface area contributed by atoms with E-state index in [1.807, 2.05) is 0 Å². The molecule has 2 fully saturated rings. The van der Waals surface area contributed by atoms with E-state index in [9.17, 15) is 14.7 Å². The maximum Gasteiger partial charge on any atom is 0.329 e. The standard InChI is InChI=1S/C16H28N2O3/c1-3-6-15(9-10-17-11-15)13(19)18-16(14(20)21)7-4-12(2)5-8-16/h12,17H,3-11H2,1-2H3,(H,18,19)(H,20,21). The van der Waals surface area contributed by atoms with Crippen molar-refractivity contribution < 1.29 is 14.7 Å². The van der Waals surface area contributed by atoms with Crippen LogP contribution in [-0.4, -0.2) is 35.6 Å². The predicted octanol–water partition coefficient (Wildman–Crippen LogP) is 1.92. The zero-order chi connectivity index (χ0) is 15.5. The first kappa shape index (κ1) is 16.3. The normalized spacial score (nSPS) is 36.4. The summed E-state index contributed by atoms with van der Waals surface area (Å²) in [5, 5.41) is 15.8. The molecule has 0 bridgehead atoms. The maximum atomic E-state index is 12.8. The number of carboxylic acids is 1. The Hall–Kier alpha value is -1.10. The summed E-state index contributed by atoms with van der Waals surface area (Å²) in [6, 6.07) is 0. The molecule has 1 aliphatic carbocycles. The third-order valence-electron chi connectivity index (χ3n) is 5.34. The molecule has 1 unspecified atom stereocenters. The Morgan fingerprint density at radius 2 is 1.95 bits per heavy atom. The number of carboxylic acid groups (broad SMARTS) is 1. The van der Waals surface area contributed by atoms with Gasteiger partial charge in [0, 0.05) is 6.54 Å². The summed E-state index contributed by atoms with van der Waals surface area (Å²) in [6.45, 7) is 5.72. The summed E-state index contributed by atoms with van der Waals surface area (Å²) < 4.78 is 0. The molecule has 1 atom stereocenters. The first-order valence-corrected chi connectivity index (χ1v) is 8.21. The molecule has 2 aliphatic rings. The monoisotopic (exact) mass is 296 g/mol. The summed E-state index contributed by atoms with van der Waals surface area (Å²) >= 11 is 0. The van der Waals surface area contributed by atoms with Gasteiger partial charge in [-0.25, -0.2) is 4.79 Å². The summed E-state index contributed by atoms with van der Waals surface area (Å²) in [5.74, 6) is -0.390. The molecule has 1 amide bonds. The van der Waals surface area contributed by atoms with Crippen LogP contribution in [0.4, 0.5) is 0 Å². The van der Waals surface area contributed by atoms with Crippen molar-refractivity contribution in [3.63, 3.8) is 0 Å². The van der Waals surface area contributed by atoms with Crippen LogP contribution in [0.3, 0.4) is 0 Å².